The van der Waals surface area contributed by atoms with Crippen molar-refractivity contribution in [2.24, 2.45) is 0 Å². The maximum absolute atomic E-state index is 13.1. The highest BCUT2D eigenvalue weighted by Gasteiger charge is 2.20. The van der Waals surface area contributed by atoms with Gasteiger partial charge < -0.3 is 14.0 Å². The van der Waals surface area contributed by atoms with Gasteiger partial charge in [-0.2, -0.15) is 4.98 Å². The van der Waals surface area contributed by atoms with Gasteiger partial charge in [0.2, 0.25) is 12.1 Å². The molecule has 0 atom stereocenters. The van der Waals surface area contributed by atoms with E-state index in [0.29, 0.717) is 24.6 Å². The van der Waals surface area contributed by atoms with Crippen LogP contribution in [0.5, 0.6) is 0 Å². The summed E-state index contributed by atoms with van der Waals surface area (Å²) >= 11 is 5.72. The highest BCUT2D eigenvalue weighted by Crippen LogP contribution is 2.25. The van der Waals surface area contributed by atoms with Gasteiger partial charge in [0.15, 0.2) is 0 Å². The fourth-order valence-corrected chi connectivity index (χ4v) is 1.76. The number of nitrogens with zero attached hydrogens (tertiary/aromatic N) is 2. The first-order chi connectivity index (χ1) is 9.65. The molecule has 0 saturated carbocycles. The zero-order valence-corrected chi connectivity index (χ0v) is 11.9. The van der Waals surface area contributed by atoms with Crippen LogP contribution in [0.2, 0.25) is 5.02 Å². The minimum absolute atomic E-state index is 0.0000152. The SMILES string of the molecule is CCOC(OCC)c1nc(-c2ccc(F)c(Cl)c2)no1. The van der Waals surface area contributed by atoms with E-state index in [0.717, 1.165) is 0 Å². The topological polar surface area (TPSA) is 57.4 Å². The normalized spacial score (nSPS) is 11.2. The number of ether oxygens (including phenoxy) is 2. The molecule has 2 aromatic rings. The molecule has 0 radical (unpaired) electrons. The summed E-state index contributed by atoms with van der Waals surface area (Å²) in [6, 6.07) is 4.20. The van der Waals surface area contributed by atoms with Gasteiger partial charge in [-0.3, -0.25) is 0 Å². The quantitative estimate of drug-likeness (QED) is 0.763. The van der Waals surface area contributed by atoms with E-state index in [4.69, 9.17) is 25.6 Å². The molecular formula is C13H14ClFN2O3. The van der Waals surface area contributed by atoms with Crippen molar-refractivity contribution in [1.29, 1.82) is 0 Å². The summed E-state index contributed by atoms with van der Waals surface area (Å²) in [6.07, 6.45) is -0.706. The molecule has 1 aromatic heterocycles. The molecule has 20 heavy (non-hydrogen) atoms. The van der Waals surface area contributed by atoms with Crippen LogP contribution in [0, 0.1) is 5.82 Å². The lowest BCUT2D eigenvalue weighted by Crippen LogP contribution is -2.09. The van der Waals surface area contributed by atoms with Gasteiger partial charge in [-0.15, -0.1) is 0 Å². The lowest BCUT2D eigenvalue weighted by molar-refractivity contribution is -0.155. The maximum atomic E-state index is 13.1. The van der Waals surface area contributed by atoms with Gasteiger partial charge in [-0.1, -0.05) is 16.8 Å². The van der Waals surface area contributed by atoms with Crippen LogP contribution in [0.4, 0.5) is 4.39 Å². The van der Waals surface area contributed by atoms with E-state index in [1.807, 2.05) is 13.8 Å². The molecule has 108 valence electrons. The molecule has 0 N–H and O–H groups in total. The van der Waals surface area contributed by atoms with Crippen molar-refractivity contribution in [2.45, 2.75) is 20.1 Å². The second-order valence-corrected chi connectivity index (χ2v) is 4.23. The molecule has 0 saturated heterocycles. The Labute approximate surface area is 120 Å². The molecule has 0 fully saturated rings. The van der Waals surface area contributed by atoms with Gasteiger partial charge in [-0.05, 0) is 32.0 Å². The lowest BCUT2D eigenvalue weighted by Gasteiger charge is -2.11. The fraction of sp³-hybridized carbons (Fsp3) is 0.385. The molecule has 7 heteroatoms. The molecule has 1 heterocycles. The third-order valence-electron chi connectivity index (χ3n) is 2.46. The zero-order chi connectivity index (χ0) is 14.5. The molecule has 0 amide bonds. The van der Waals surface area contributed by atoms with Gasteiger partial charge in [-0.25, -0.2) is 4.39 Å². The zero-order valence-electron chi connectivity index (χ0n) is 11.1. The Morgan fingerprint density at radius 2 is 2.00 bits per heavy atom. The van der Waals surface area contributed by atoms with Crippen molar-refractivity contribution in [1.82, 2.24) is 10.1 Å². The summed E-state index contributed by atoms with van der Waals surface area (Å²) in [6.45, 7) is 4.57. The number of benzene rings is 1. The van der Waals surface area contributed by atoms with Gasteiger partial charge >= 0.3 is 0 Å². The highest BCUT2D eigenvalue weighted by molar-refractivity contribution is 6.31. The van der Waals surface area contributed by atoms with E-state index in [-0.39, 0.29) is 10.9 Å². The van der Waals surface area contributed by atoms with Crippen LogP contribution in [0.25, 0.3) is 11.4 Å². The lowest BCUT2D eigenvalue weighted by atomic mass is 10.2. The minimum atomic E-state index is -0.706. The van der Waals surface area contributed by atoms with Crippen molar-refractivity contribution < 1.29 is 18.4 Å². The first kappa shape index (κ1) is 14.9. The average Bonchev–Trinajstić information content (AvgIpc) is 2.91. The molecule has 0 bridgehead atoms. The van der Waals surface area contributed by atoms with Crippen molar-refractivity contribution >= 4 is 11.6 Å². The first-order valence-electron chi connectivity index (χ1n) is 6.18. The van der Waals surface area contributed by atoms with E-state index < -0.39 is 12.1 Å². The number of hydrogen-bond donors (Lipinski definition) is 0. The predicted octanol–water partition coefficient (Wildman–Crippen LogP) is 3.60. The van der Waals surface area contributed by atoms with Gasteiger partial charge in [0, 0.05) is 18.8 Å². The van der Waals surface area contributed by atoms with Crippen molar-refractivity contribution in [3.8, 4) is 11.4 Å². The molecule has 1 aromatic carbocycles. The Balaban J connectivity index is 2.24. The van der Waals surface area contributed by atoms with Crippen molar-refractivity contribution in [3.05, 3.63) is 34.9 Å². The summed E-state index contributed by atoms with van der Waals surface area (Å²) in [5.41, 5.74) is 0.554. The van der Waals surface area contributed by atoms with E-state index in [1.54, 1.807) is 0 Å². The Morgan fingerprint density at radius 3 is 2.60 bits per heavy atom. The monoisotopic (exact) mass is 300 g/mol. The summed E-state index contributed by atoms with van der Waals surface area (Å²) in [4.78, 5) is 4.18. The molecule has 0 aliphatic rings. The molecule has 0 aliphatic carbocycles. The van der Waals surface area contributed by atoms with E-state index in [1.165, 1.54) is 18.2 Å². The van der Waals surface area contributed by atoms with Crippen LogP contribution in [-0.4, -0.2) is 23.4 Å². The molecule has 0 spiro atoms. The first-order valence-corrected chi connectivity index (χ1v) is 6.55. The maximum Gasteiger partial charge on any atom is 0.283 e. The largest absolute Gasteiger partial charge is 0.345 e. The molecule has 5 nitrogen and oxygen atoms in total. The molecular weight excluding hydrogens is 287 g/mol. The third-order valence-corrected chi connectivity index (χ3v) is 2.75. The van der Waals surface area contributed by atoms with Crippen LogP contribution >= 0.6 is 11.6 Å². The van der Waals surface area contributed by atoms with Gasteiger partial charge in [0.05, 0.1) is 5.02 Å². The summed E-state index contributed by atoms with van der Waals surface area (Å²) in [5.74, 6) is 0.0103. The fourth-order valence-electron chi connectivity index (χ4n) is 1.58. The summed E-state index contributed by atoms with van der Waals surface area (Å²) in [5, 5.41) is 3.82. The van der Waals surface area contributed by atoms with E-state index in [2.05, 4.69) is 10.1 Å². The molecule has 0 unspecified atom stereocenters. The van der Waals surface area contributed by atoms with Crippen LogP contribution in [0.1, 0.15) is 26.0 Å². The van der Waals surface area contributed by atoms with Crippen molar-refractivity contribution in [2.75, 3.05) is 13.2 Å². The third kappa shape index (κ3) is 3.33. The van der Waals surface area contributed by atoms with E-state index >= 15 is 0 Å². The van der Waals surface area contributed by atoms with Crippen LogP contribution < -0.4 is 0 Å². The summed E-state index contributed by atoms with van der Waals surface area (Å²) in [7, 11) is 0. The second kappa shape index (κ2) is 6.78. The Morgan fingerprint density at radius 1 is 1.30 bits per heavy atom. The predicted molar refractivity (Wildman–Crippen MR) is 70.7 cm³/mol. The average molecular weight is 301 g/mol. The Kier molecular flexibility index (Phi) is 5.05. The minimum Gasteiger partial charge on any atom is -0.345 e. The van der Waals surface area contributed by atoms with Gasteiger partial charge in [0.25, 0.3) is 5.89 Å². The number of halogens is 2. The van der Waals surface area contributed by atoms with Crippen LogP contribution in [0.3, 0.4) is 0 Å². The Hall–Kier alpha value is -1.50. The number of rotatable bonds is 6. The van der Waals surface area contributed by atoms with Crippen molar-refractivity contribution in [3.63, 3.8) is 0 Å². The van der Waals surface area contributed by atoms with E-state index in [9.17, 15) is 4.39 Å². The number of hydrogen-bond acceptors (Lipinski definition) is 5. The molecule has 2 rings (SSSR count). The van der Waals surface area contributed by atoms with Crippen LogP contribution in [0.15, 0.2) is 22.7 Å². The highest BCUT2D eigenvalue weighted by atomic mass is 35.5. The second-order valence-electron chi connectivity index (χ2n) is 3.83. The van der Waals surface area contributed by atoms with Gasteiger partial charge in [0.1, 0.15) is 5.82 Å². The smallest absolute Gasteiger partial charge is 0.283 e. The Bertz CT molecular complexity index is 570. The number of aromatic nitrogens is 2. The van der Waals surface area contributed by atoms with Crippen LogP contribution in [-0.2, 0) is 9.47 Å². The summed E-state index contributed by atoms with van der Waals surface area (Å²) < 4.78 is 28.9. The standard InChI is InChI=1S/C13H14ClFN2O3/c1-3-18-13(19-4-2)12-16-11(17-20-12)8-5-6-10(15)9(14)7-8/h5-7,13H,3-4H2,1-2H3. The molecule has 0 aliphatic heterocycles.